The van der Waals surface area contributed by atoms with Gasteiger partial charge in [0, 0.05) is 163 Å². The molecule has 25 nitrogen and oxygen atoms in total. The van der Waals surface area contributed by atoms with Crippen LogP contribution in [-0.2, 0) is 40.6 Å². The van der Waals surface area contributed by atoms with Gasteiger partial charge in [-0.3, -0.25) is 39.9 Å². The first-order valence-corrected chi connectivity index (χ1v) is 44.8. The van der Waals surface area contributed by atoms with E-state index in [9.17, 15) is 44.4 Å². The van der Waals surface area contributed by atoms with Crippen molar-refractivity contribution in [3.05, 3.63) is 130 Å². The van der Waals surface area contributed by atoms with Gasteiger partial charge in [0.2, 0.25) is 37.8 Å². The van der Waals surface area contributed by atoms with Crippen LogP contribution in [0.4, 0.5) is 30.2 Å². The number of sulfonamides is 2. The normalized spacial score (nSPS) is 21.1. The molecular weight excluding hydrogens is 1540 g/mol. The molecule has 9 aliphatic rings. The maximum absolute atomic E-state index is 13.1. The maximum Gasteiger partial charge on any atom is 0.416 e. The lowest BCUT2D eigenvalue weighted by Crippen LogP contribution is -2.57. The van der Waals surface area contributed by atoms with Gasteiger partial charge in [-0.25, -0.2) is 21.1 Å². The fourth-order valence-electron chi connectivity index (χ4n) is 19.3. The number of rotatable bonds is 9. The fourth-order valence-corrected chi connectivity index (χ4v) is 21.5. The van der Waals surface area contributed by atoms with Crippen LogP contribution >= 0.6 is 23.2 Å². The molecule has 1 atom stereocenters. The number of hydrogen-bond acceptors (Lipinski definition) is 15. The van der Waals surface area contributed by atoms with Crippen LogP contribution in [0, 0.1) is 0 Å². The largest absolute Gasteiger partial charge is 0.416 e. The number of nitrogens with one attached hydrogen (secondary N) is 7. The summed E-state index contributed by atoms with van der Waals surface area (Å²) in [6.07, 6.45) is 29.9. The molecule has 10 aromatic rings. The number of nitrogens with zero attached hydrogens (tertiary/aromatic N) is 11. The number of anilines is 3. The second kappa shape index (κ2) is 33.6. The Labute approximate surface area is 672 Å². The minimum absolute atomic E-state index is 0.0138. The van der Waals surface area contributed by atoms with Gasteiger partial charge in [0.15, 0.2) is 0 Å². The number of amides is 3. The Bertz CT molecular complexity index is 5350. The van der Waals surface area contributed by atoms with Gasteiger partial charge in [0.25, 0.3) is 0 Å². The van der Waals surface area contributed by atoms with Crippen LogP contribution in [0.2, 0.25) is 10.0 Å². The van der Waals surface area contributed by atoms with Gasteiger partial charge in [-0.2, -0.15) is 43.0 Å². The minimum Gasteiger partial charge on any atom is -0.371 e. The number of piperazine rings is 1. The summed E-state index contributed by atoms with van der Waals surface area (Å²) in [5, 5.41) is 48.6. The molecule has 0 radical (unpaired) electrons. The van der Waals surface area contributed by atoms with Crippen LogP contribution in [-0.4, -0.2) is 201 Å². The number of aromatic amines is 5. The van der Waals surface area contributed by atoms with E-state index >= 15 is 0 Å². The van der Waals surface area contributed by atoms with E-state index in [0.29, 0.717) is 66.8 Å². The summed E-state index contributed by atoms with van der Waals surface area (Å²) in [7, 11) is -6.39. The van der Waals surface area contributed by atoms with E-state index in [4.69, 9.17) is 23.2 Å². The number of carbonyl (C=O) groups excluding carboxylic acids is 3. The molecule has 12 heterocycles. The van der Waals surface area contributed by atoms with Crippen molar-refractivity contribution in [2.24, 2.45) is 0 Å². The van der Waals surface area contributed by atoms with Crippen molar-refractivity contribution in [3.8, 4) is 0 Å². The summed E-state index contributed by atoms with van der Waals surface area (Å²) in [6, 6.07) is 19.1. The van der Waals surface area contributed by atoms with E-state index < -0.39 is 31.8 Å². The zero-order valence-corrected chi connectivity index (χ0v) is 68.3. The number of piperidine rings is 5. The lowest BCUT2D eigenvalue weighted by atomic mass is 9.80. The molecule has 5 aromatic carbocycles. The van der Waals surface area contributed by atoms with E-state index in [-0.39, 0.29) is 47.9 Å². The highest BCUT2D eigenvalue weighted by Gasteiger charge is 2.42. The highest BCUT2D eigenvalue weighted by Crippen LogP contribution is 2.45. The molecule has 2 aliphatic carbocycles. The average Bonchev–Trinajstić information content (AvgIpc) is 1.73. The first kappa shape index (κ1) is 80.6. The summed E-state index contributed by atoms with van der Waals surface area (Å²) in [4.78, 5) is 43.2. The van der Waals surface area contributed by atoms with E-state index in [1.165, 1.54) is 107 Å². The first-order valence-electron chi connectivity index (χ1n) is 40.4. The predicted octanol–water partition coefficient (Wildman–Crippen LogP) is 14.7. The molecule has 3 amide bonds. The molecule has 7 N–H and O–H groups in total. The van der Waals surface area contributed by atoms with Gasteiger partial charge >= 0.3 is 6.18 Å². The van der Waals surface area contributed by atoms with Crippen LogP contribution < -0.4 is 25.3 Å². The topological polar surface area (TPSA) is 306 Å². The maximum atomic E-state index is 13.1. The number of H-pyrrole nitrogens is 5. The van der Waals surface area contributed by atoms with Crippen molar-refractivity contribution in [1.82, 2.24) is 75.1 Å². The van der Waals surface area contributed by atoms with Crippen molar-refractivity contribution in [2.75, 3.05) is 99.2 Å². The Balaban J connectivity index is 0.000000112. The van der Waals surface area contributed by atoms with Crippen LogP contribution in [0.1, 0.15) is 200 Å². The number of alkyl halides is 3. The van der Waals surface area contributed by atoms with Crippen LogP contribution in [0.3, 0.4) is 0 Å². The molecular formula is C82H103Cl2F3N18O7S2. The van der Waals surface area contributed by atoms with Crippen LogP contribution in [0.5, 0.6) is 0 Å². The number of likely N-dealkylation sites (tertiary alicyclic amines) is 1. The number of hydrogen-bond donors (Lipinski definition) is 7. The smallest absolute Gasteiger partial charge is 0.371 e. The van der Waals surface area contributed by atoms with Crippen molar-refractivity contribution in [2.45, 2.75) is 196 Å². The van der Waals surface area contributed by atoms with Crippen molar-refractivity contribution in [1.29, 1.82) is 0 Å². The zero-order valence-electron chi connectivity index (χ0n) is 65.2. The molecule has 7 saturated heterocycles. The van der Waals surface area contributed by atoms with E-state index in [2.05, 4.69) is 95.7 Å². The van der Waals surface area contributed by atoms with Gasteiger partial charge in [-0.1, -0.05) is 61.0 Å². The predicted molar refractivity (Wildman–Crippen MR) is 441 cm³/mol. The monoisotopic (exact) mass is 1640 g/mol. The Hall–Kier alpha value is -8.55. The lowest BCUT2D eigenvalue weighted by Gasteiger charge is -2.45. The lowest BCUT2D eigenvalue weighted by molar-refractivity contribution is -0.137. The molecule has 610 valence electrons. The quantitative estimate of drug-likeness (QED) is 0.0706. The third kappa shape index (κ3) is 18.0. The van der Waals surface area contributed by atoms with Crippen molar-refractivity contribution >= 4 is 133 Å². The molecule has 5 aromatic heterocycles. The van der Waals surface area contributed by atoms with Gasteiger partial charge in [-0.15, -0.1) is 0 Å². The van der Waals surface area contributed by atoms with E-state index in [1.54, 1.807) is 23.1 Å². The highest BCUT2D eigenvalue weighted by atomic mass is 35.5. The van der Waals surface area contributed by atoms with Crippen molar-refractivity contribution < 1.29 is 44.4 Å². The third-order valence-electron chi connectivity index (χ3n) is 25.7. The standard InChI is InChI=1S/C19H25N3O.C18H25N3O2S.C16H19ClN4O.C15H17ClN4O.C14H17F3N4O2S/c1-13(23)22-8-6-15(7-9-22)17-10-16(14-4-2-3-5-14)11-19-18(17)12-20-21-19;1-24(22,23)21-8-6-14(7-9-21)16-10-15(13-4-2-3-5-13)11-18-17(16)12-19-20-18;17-11-8-13-12(10-18-20-13)14(9-11)21-6-4-16(5-7-21)3-1-2-15(22)19-16;16-10-7-12-11(9-17-19-12)13(8-10)20-5-3-15(4-6-20)2-1-14(21)18-15;1-9-8-20(24(2,22)23)3-4-21(9)13-6-10(14(15,16)17)5-12-11(13)7-18-19-12/h10-12,14-15H,2-9H2,1H3,(H,20,21);10-14H,2-9H2,1H3,(H,19,20);8-10H,1-7H2,(H,18,20)(H,19,22);7-9H,1-6H2,(H,17,19)(H,18,21);5-7,9H,3-4,8H2,1-2H3,(H,18,19)/t;;;;9-/m....0/s1. The van der Waals surface area contributed by atoms with Crippen LogP contribution in [0.15, 0.2) is 91.6 Å². The number of aromatic nitrogens is 10. The van der Waals surface area contributed by atoms with Crippen molar-refractivity contribution in [3.63, 3.8) is 0 Å². The molecule has 114 heavy (non-hydrogen) atoms. The summed E-state index contributed by atoms with van der Waals surface area (Å²) in [6.45, 7) is 11.0. The minimum atomic E-state index is -4.47. The Morgan fingerprint density at radius 3 is 1.28 bits per heavy atom. The molecule has 9 fully saturated rings. The SMILES string of the molecule is CC(=O)N1CCC(c2cc(C3CCCC3)cc3[nH]ncc23)CC1.CS(=O)(=O)N1CCC(c2cc(C3CCCC3)cc3[nH]ncc23)CC1.C[C@H]1CN(S(C)(=O)=O)CCN1c1cc(C(F)(F)F)cc2[nH]ncc12.O=C1CCC2(CCN(c3cc(Cl)cc4[nH]ncc34)CC2)N1.O=C1CCCC2(CCN(c3cc(Cl)cc4[nH]ncc34)CC2)N1. The number of carbonyl (C=O) groups is 3. The van der Waals surface area contributed by atoms with Gasteiger partial charge in [0.05, 0.1) is 76.6 Å². The summed E-state index contributed by atoms with van der Waals surface area (Å²) in [5.41, 5.74) is 12.2. The number of fused-ring (bicyclic) bond motifs is 5. The molecule has 32 heteroatoms. The van der Waals surface area contributed by atoms with Gasteiger partial charge in [-0.05, 0) is 198 Å². The Morgan fingerprint density at radius 2 is 0.868 bits per heavy atom. The van der Waals surface area contributed by atoms with Gasteiger partial charge in [0.1, 0.15) is 0 Å². The number of halogens is 5. The average molecular weight is 1640 g/mol. The molecule has 2 saturated carbocycles. The summed E-state index contributed by atoms with van der Waals surface area (Å²) < 4.78 is 89.2. The van der Waals surface area contributed by atoms with Crippen LogP contribution in [0.25, 0.3) is 54.5 Å². The zero-order chi connectivity index (χ0) is 79.8. The Kier molecular flexibility index (Phi) is 23.8. The molecule has 7 aliphatic heterocycles. The third-order valence-corrected chi connectivity index (χ3v) is 28.7. The first-order chi connectivity index (χ1) is 54.6. The van der Waals surface area contributed by atoms with Gasteiger partial charge < -0.3 is 30.2 Å². The second-order valence-corrected chi connectivity index (χ2v) is 37.9. The summed E-state index contributed by atoms with van der Waals surface area (Å²) >= 11 is 12.4. The molecule has 19 rings (SSSR count). The molecule has 2 spiro atoms. The van der Waals surface area contributed by atoms with E-state index in [0.717, 1.165) is 183 Å². The number of benzene rings is 5. The fraction of sp³-hybridized carbons (Fsp3) is 0.537. The van der Waals surface area contributed by atoms with E-state index in [1.807, 2.05) is 54.0 Å². The molecule has 0 unspecified atom stereocenters. The molecule has 0 bridgehead atoms. The summed E-state index contributed by atoms with van der Waals surface area (Å²) in [5.74, 6) is 2.97. The highest BCUT2D eigenvalue weighted by molar-refractivity contribution is 7.88. The Morgan fingerprint density at radius 1 is 0.456 bits per heavy atom. The second-order valence-electron chi connectivity index (χ2n) is 33.0.